The third-order valence-corrected chi connectivity index (χ3v) is 4.91. The minimum atomic E-state index is -0.162. The van der Waals surface area contributed by atoms with E-state index in [0.29, 0.717) is 23.6 Å². The fourth-order valence-corrected chi connectivity index (χ4v) is 3.29. The van der Waals surface area contributed by atoms with Gasteiger partial charge in [0.25, 0.3) is 0 Å². The largest absolute Gasteiger partial charge is 0.486 e. The number of carbonyl (C=O) groups excluding carboxylic acids is 1. The molecular weight excluding hydrogens is 393 g/mol. The van der Waals surface area contributed by atoms with Gasteiger partial charge in [-0.1, -0.05) is 66.2 Å². The Kier molecular flexibility index (Phi) is 7.49. The molecule has 0 bridgehead atoms. The number of Topliss-reactive ketones (excluding diaryl/α,β-unsaturated/α-hetero) is 1. The summed E-state index contributed by atoms with van der Waals surface area (Å²) in [7, 11) is 0. The van der Waals surface area contributed by atoms with E-state index in [0.717, 1.165) is 16.7 Å². The topological polar surface area (TPSA) is 38.3 Å². The number of ether oxygens (including phenoxy) is 1. The summed E-state index contributed by atoms with van der Waals surface area (Å²) < 4.78 is 5.51. The molecule has 0 aliphatic heterocycles. The van der Waals surface area contributed by atoms with Crippen LogP contribution in [0.5, 0.6) is 5.75 Å². The summed E-state index contributed by atoms with van der Waals surface area (Å²) >= 11 is 11.9. The third-order valence-electron chi connectivity index (χ3n) is 4.37. The SMILES string of the molecule is O=C(COc1ccccc1)C[C@@H](Cc1ccc(-c2cccc(Cl)c2)cc1)NCl. The van der Waals surface area contributed by atoms with Crippen LogP contribution in [0.4, 0.5) is 0 Å². The average Bonchev–Trinajstić information content (AvgIpc) is 2.73. The van der Waals surface area contributed by atoms with Gasteiger partial charge in [0.15, 0.2) is 5.78 Å². The van der Waals surface area contributed by atoms with Crippen LogP contribution >= 0.6 is 23.4 Å². The van der Waals surface area contributed by atoms with E-state index in [2.05, 4.69) is 4.84 Å². The summed E-state index contributed by atoms with van der Waals surface area (Å²) in [6.07, 6.45) is 0.947. The van der Waals surface area contributed by atoms with Crippen LogP contribution in [0, 0.1) is 0 Å². The maximum Gasteiger partial charge on any atom is 0.171 e. The molecule has 0 amide bonds. The summed E-state index contributed by atoms with van der Waals surface area (Å²) in [5.74, 6) is 0.681. The Morgan fingerprint density at radius 1 is 0.929 bits per heavy atom. The summed E-state index contributed by atoms with van der Waals surface area (Å²) in [6.45, 7) is 0.0345. The predicted molar refractivity (Wildman–Crippen MR) is 115 cm³/mol. The number of nitrogens with one attached hydrogen (secondary N) is 1. The number of para-hydroxylation sites is 1. The van der Waals surface area contributed by atoms with Crippen LogP contribution in [-0.2, 0) is 11.2 Å². The Morgan fingerprint density at radius 3 is 2.36 bits per heavy atom. The number of rotatable bonds is 9. The molecule has 0 aromatic heterocycles. The molecule has 0 radical (unpaired) electrons. The van der Waals surface area contributed by atoms with Crippen molar-refractivity contribution < 1.29 is 9.53 Å². The summed E-state index contributed by atoms with van der Waals surface area (Å²) in [5, 5.41) is 0.712. The van der Waals surface area contributed by atoms with E-state index in [9.17, 15) is 4.79 Å². The molecule has 0 aliphatic rings. The van der Waals surface area contributed by atoms with E-state index in [-0.39, 0.29) is 18.4 Å². The normalized spacial score (nSPS) is 11.8. The maximum atomic E-state index is 12.2. The highest BCUT2D eigenvalue weighted by Crippen LogP contribution is 2.23. The Morgan fingerprint density at radius 2 is 1.68 bits per heavy atom. The molecule has 0 unspecified atom stereocenters. The van der Waals surface area contributed by atoms with Gasteiger partial charge in [-0.3, -0.25) is 4.79 Å². The van der Waals surface area contributed by atoms with Gasteiger partial charge in [-0.05, 0) is 59.2 Å². The van der Waals surface area contributed by atoms with Crippen LogP contribution in [0.2, 0.25) is 5.02 Å². The van der Waals surface area contributed by atoms with Crippen LogP contribution < -0.4 is 9.57 Å². The molecule has 28 heavy (non-hydrogen) atoms. The molecule has 3 rings (SSSR count). The van der Waals surface area contributed by atoms with Crippen LogP contribution in [0.1, 0.15) is 12.0 Å². The Labute approximate surface area is 175 Å². The molecule has 0 aliphatic carbocycles. The van der Waals surface area contributed by atoms with Gasteiger partial charge in [0.2, 0.25) is 0 Å². The van der Waals surface area contributed by atoms with E-state index in [4.69, 9.17) is 28.1 Å². The second-order valence-electron chi connectivity index (χ2n) is 6.56. The molecule has 5 heteroatoms. The monoisotopic (exact) mass is 413 g/mol. The standard InChI is InChI=1S/C23H21Cl2NO2/c24-20-6-4-5-19(14-20)18-11-9-17(10-12-18)13-21(26-25)15-22(27)16-28-23-7-2-1-3-8-23/h1-12,14,21,26H,13,15-16H2/t21-/m1/s1. The van der Waals surface area contributed by atoms with E-state index >= 15 is 0 Å². The first-order valence-electron chi connectivity index (χ1n) is 9.04. The first kappa shape index (κ1) is 20.4. The molecule has 1 N–H and O–H groups in total. The van der Waals surface area contributed by atoms with Gasteiger partial charge in [-0.15, -0.1) is 0 Å². The highest BCUT2D eigenvalue weighted by molar-refractivity contribution is 6.30. The zero-order chi connectivity index (χ0) is 19.8. The molecule has 144 valence electrons. The third kappa shape index (κ3) is 6.10. The fraction of sp³-hybridized carbons (Fsp3) is 0.174. The minimum Gasteiger partial charge on any atom is -0.486 e. The lowest BCUT2D eigenvalue weighted by molar-refractivity contribution is -0.121. The molecule has 0 spiro atoms. The summed E-state index contributed by atoms with van der Waals surface area (Å²) in [5.41, 5.74) is 3.26. The van der Waals surface area contributed by atoms with Crippen molar-refractivity contribution in [2.45, 2.75) is 18.9 Å². The lowest BCUT2D eigenvalue weighted by Gasteiger charge is -2.15. The second-order valence-corrected chi connectivity index (χ2v) is 7.22. The predicted octanol–water partition coefficient (Wildman–Crippen LogP) is 5.70. The van der Waals surface area contributed by atoms with E-state index in [1.807, 2.05) is 78.9 Å². The van der Waals surface area contributed by atoms with Crippen molar-refractivity contribution in [2.75, 3.05) is 6.61 Å². The Bertz CT molecular complexity index is 898. The van der Waals surface area contributed by atoms with Crippen molar-refractivity contribution in [3.8, 4) is 16.9 Å². The van der Waals surface area contributed by atoms with E-state index in [1.165, 1.54) is 0 Å². The highest BCUT2D eigenvalue weighted by atomic mass is 35.5. The van der Waals surface area contributed by atoms with Crippen LogP contribution in [0.3, 0.4) is 0 Å². The zero-order valence-corrected chi connectivity index (χ0v) is 16.8. The van der Waals surface area contributed by atoms with E-state index < -0.39 is 0 Å². The Balaban J connectivity index is 1.54. The number of hydrogen-bond donors (Lipinski definition) is 1. The second kappa shape index (κ2) is 10.3. The number of carbonyl (C=O) groups is 1. The van der Waals surface area contributed by atoms with Crippen molar-refractivity contribution in [3.05, 3.63) is 89.4 Å². The molecular formula is C23H21Cl2NO2. The summed E-state index contributed by atoms with van der Waals surface area (Å²) in [4.78, 5) is 14.9. The Hall–Kier alpha value is -2.33. The quantitative estimate of drug-likeness (QED) is 0.457. The van der Waals surface area contributed by atoms with Gasteiger partial charge in [0.05, 0.1) is 0 Å². The molecule has 3 aromatic carbocycles. The van der Waals surface area contributed by atoms with Gasteiger partial charge in [-0.25, -0.2) is 4.84 Å². The van der Waals surface area contributed by atoms with Gasteiger partial charge < -0.3 is 4.74 Å². The zero-order valence-electron chi connectivity index (χ0n) is 15.3. The van der Waals surface area contributed by atoms with E-state index in [1.54, 1.807) is 0 Å². The maximum absolute atomic E-state index is 12.2. The summed E-state index contributed by atoms with van der Waals surface area (Å²) in [6, 6.07) is 25.1. The van der Waals surface area contributed by atoms with Gasteiger partial charge in [-0.2, -0.15) is 0 Å². The number of ketones is 1. The lowest BCUT2D eigenvalue weighted by Crippen LogP contribution is -2.29. The average molecular weight is 414 g/mol. The lowest BCUT2D eigenvalue weighted by atomic mass is 9.99. The van der Waals surface area contributed by atoms with Crippen LogP contribution in [0.15, 0.2) is 78.9 Å². The van der Waals surface area contributed by atoms with Gasteiger partial charge in [0, 0.05) is 17.5 Å². The molecule has 0 heterocycles. The fourth-order valence-electron chi connectivity index (χ4n) is 2.95. The molecule has 3 nitrogen and oxygen atoms in total. The van der Waals surface area contributed by atoms with Gasteiger partial charge >= 0.3 is 0 Å². The van der Waals surface area contributed by atoms with Crippen molar-refractivity contribution in [1.82, 2.24) is 4.84 Å². The molecule has 3 aromatic rings. The smallest absolute Gasteiger partial charge is 0.171 e. The van der Waals surface area contributed by atoms with Crippen molar-refractivity contribution in [1.29, 1.82) is 0 Å². The number of halogens is 2. The van der Waals surface area contributed by atoms with Crippen molar-refractivity contribution in [2.24, 2.45) is 0 Å². The molecule has 0 saturated heterocycles. The molecule has 0 fully saturated rings. The molecule has 1 atom stereocenters. The number of hydrogen-bond acceptors (Lipinski definition) is 3. The minimum absolute atomic E-state index is 0.00227. The van der Waals surface area contributed by atoms with Crippen molar-refractivity contribution >= 4 is 29.2 Å². The first-order valence-corrected chi connectivity index (χ1v) is 9.80. The van der Waals surface area contributed by atoms with Crippen LogP contribution in [-0.4, -0.2) is 18.4 Å². The van der Waals surface area contributed by atoms with Crippen molar-refractivity contribution in [3.63, 3.8) is 0 Å². The highest BCUT2D eigenvalue weighted by Gasteiger charge is 2.14. The molecule has 0 saturated carbocycles. The first-order chi connectivity index (χ1) is 13.6. The van der Waals surface area contributed by atoms with Gasteiger partial charge in [0.1, 0.15) is 12.4 Å². The van der Waals surface area contributed by atoms with Crippen LogP contribution in [0.25, 0.3) is 11.1 Å². The number of benzene rings is 3.